The Bertz CT molecular complexity index is 784. The highest BCUT2D eigenvalue weighted by Gasteiger charge is 2.18. The summed E-state index contributed by atoms with van der Waals surface area (Å²) in [5.74, 6) is -0.888. The standard InChI is InChI=1S/C16H15F2N3O4/c1-2-19-11-8-7-10(9-13(11)21(23)24)15(22)20-12-5-3-4-6-14(12)25-16(17)18/h3-9,16,19H,2H2,1H3,(H,20,22). The maximum atomic E-state index is 12.4. The minimum atomic E-state index is -3.04. The quantitative estimate of drug-likeness (QED) is 0.583. The lowest BCUT2D eigenvalue weighted by Gasteiger charge is -2.12. The molecule has 0 bridgehead atoms. The van der Waals surface area contributed by atoms with E-state index in [-0.39, 0.29) is 28.4 Å². The zero-order valence-corrected chi connectivity index (χ0v) is 13.2. The fourth-order valence-corrected chi connectivity index (χ4v) is 2.13. The van der Waals surface area contributed by atoms with Crippen LogP contribution < -0.4 is 15.4 Å². The minimum absolute atomic E-state index is 0.0141. The smallest absolute Gasteiger partial charge is 0.387 e. The number of amides is 1. The van der Waals surface area contributed by atoms with E-state index in [1.165, 1.54) is 36.4 Å². The van der Waals surface area contributed by atoms with Crippen molar-refractivity contribution in [2.45, 2.75) is 13.5 Å². The van der Waals surface area contributed by atoms with Gasteiger partial charge in [0.1, 0.15) is 11.4 Å². The lowest BCUT2D eigenvalue weighted by molar-refractivity contribution is -0.384. The second-order valence-electron chi connectivity index (χ2n) is 4.85. The predicted octanol–water partition coefficient (Wildman–Crippen LogP) is 3.88. The van der Waals surface area contributed by atoms with Crippen LogP contribution in [-0.2, 0) is 0 Å². The molecular formula is C16H15F2N3O4. The van der Waals surface area contributed by atoms with Crippen LogP contribution >= 0.6 is 0 Å². The molecule has 0 saturated heterocycles. The Kier molecular flexibility index (Phi) is 5.83. The van der Waals surface area contributed by atoms with Gasteiger partial charge in [-0.2, -0.15) is 8.78 Å². The number of ether oxygens (including phenoxy) is 1. The lowest BCUT2D eigenvalue weighted by atomic mass is 10.1. The number of nitrogens with zero attached hydrogens (tertiary/aromatic N) is 1. The molecule has 2 aromatic rings. The highest BCUT2D eigenvalue weighted by atomic mass is 19.3. The number of carbonyl (C=O) groups excluding carboxylic acids is 1. The Balaban J connectivity index is 2.27. The molecule has 0 radical (unpaired) electrons. The van der Waals surface area contributed by atoms with Crippen molar-refractivity contribution in [3.05, 3.63) is 58.1 Å². The van der Waals surface area contributed by atoms with E-state index in [2.05, 4.69) is 15.4 Å². The Morgan fingerprint density at radius 2 is 1.96 bits per heavy atom. The highest BCUT2D eigenvalue weighted by molar-refractivity contribution is 6.05. The molecule has 25 heavy (non-hydrogen) atoms. The SMILES string of the molecule is CCNc1ccc(C(=O)Nc2ccccc2OC(F)F)cc1[N+](=O)[O-]. The zero-order valence-electron chi connectivity index (χ0n) is 13.2. The van der Waals surface area contributed by atoms with Crippen molar-refractivity contribution in [1.29, 1.82) is 0 Å². The second-order valence-corrected chi connectivity index (χ2v) is 4.85. The van der Waals surface area contributed by atoms with Crippen LogP contribution in [0.1, 0.15) is 17.3 Å². The summed E-state index contributed by atoms with van der Waals surface area (Å²) in [6.07, 6.45) is 0. The first kappa shape index (κ1) is 18.1. The van der Waals surface area contributed by atoms with Crippen LogP contribution in [0.5, 0.6) is 5.75 Å². The number of alkyl halides is 2. The van der Waals surface area contributed by atoms with Crippen LogP contribution in [0.4, 0.5) is 25.8 Å². The van der Waals surface area contributed by atoms with Gasteiger partial charge in [-0.1, -0.05) is 12.1 Å². The number of nitro benzene ring substituents is 1. The van der Waals surface area contributed by atoms with E-state index in [0.717, 1.165) is 6.07 Å². The van der Waals surface area contributed by atoms with Crippen LogP contribution in [0.3, 0.4) is 0 Å². The van der Waals surface area contributed by atoms with Crippen molar-refractivity contribution >= 4 is 23.0 Å². The van der Waals surface area contributed by atoms with E-state index in [4.69, 9.17) is 0 Å². The number of halogens is 2. The van der Waals surface area contributed by atoms with Gasteiger partial charge in [-0.3, -0.25) is 14.9 Å². The third-order valence-electron chi connectivity index (χ3n) is 3.18. The summed E-state index contributed by atoms with van der Waals surface area (Å²) in [7, 11) is 0. The summed E-state index contributed by atoms with van der Waals surface area (Å²) < 4.78 is 29.1. The molecule has 0 aliphatic rings. The van der Waals surface area contributed by atoms with Crippen LogP contribution in [-0.4, -0.2) is 24.0 Å². The molecule has 9 heteroatoms. The Hall–Kier alpha value is -3.23. The van der Waals surface area contributed by atoms with Crippen molar-refractivity contribution in [2.24, 2.45) is 0 Å². The number of nitrogens with one attached hydrogen (secondary N) is 2. The predicted molar refractivity (Wildman–Crippen MR) is 88.3 cm³/mol. The summed E-state index contributed by atoms with van der Waals surface area (Å²) in [4.78, 5) is 22.8. The van der Waals surface area contributed by atoms with Crippen molar-refractivity contribution in [3.63, 3.8) is 0 Å². The van der Waals surface area contributed by atoms with Crippen LogP contribution in [0.2, 0.25) is 0 Å². The Morgan fingerprint density at radius 3 is 2.60 bits per heavy atom. The van der Waals surface area contributed by atoms with Crippen LogP contribution in [0.15, 0.2) is 42.5 Å². The molecule has 0 saturated carbocycles. The monoisotopic (exact) mass is 351 g/mol. The zero-order chi connectivity index (χ0) is 18.4. The van der Waals surface area contributed by atoms with E-state index in [1.807, 2.05) is 0 Å². The summed E-state index contributed by atoms with van der Waals surface area (Å²) >= 11 is 0. The number of rotatable bonds is 7. The first-order chi connectivity index (χ1) is 11.9. The first-order valence-electron chi connectivity index (χ1n) is 7.30. The van der Waals surface area contributed by atoms with Crippen molar-refractivity contribution in [2.75, 3.05) is 17.2 Å². The number of nitro groups is 1. The van der Waals surface area contributed by atoms with Gasteiger partial charge in [-0.05, 0) is 31.2 Å². The molecule has 132 valence electrons. The second kappa shape index (κ2) is 8.04. The van der Waals surface area contributed by atoms with Gasteiger partial charge in [-0.25, -0.2) is 0 Å². The van der Waals surface area contributed by atoms with Crippen LogP contribution in [0, 0.1) is 10.1 Å². The third-order valence-corrected chi connectivity index (χ3v) is 3.18. The molecule has 2 N–H and O–H groups in total. The van der Waals surface area contributed by atoms with Crippen molar-refractivity contribution in [3.8, 4) is 5.75 Å². The first-order valence-corrected chi connectivity index (χ1v) is 7.30. The average molecular weight is 351 g/mol. The summed E-state index contributed by atoms with van der Waals surface area (Å²) in [6.45, 7) is -0.784. The van der Waals surface area contributed by atoms with Crippen LogP contribution in [0.25, 0.3) is 0 Å². The molecule has 0 spiro atoms. The van der Waals surface area contributed by atoms with Gasteiger partial charge in [0, 0.05) is 18.2 Å². The van der Waals surface area contributed by atoms with Gasteiger partial charge in [0.25, 0.3) is 11.6 Å². The van der Waals surface area contributed by atoms with Gasteiger partial charge in [-0.15, -0.1) is 0 Å². The van der Waals surface area contributed by atoms with Gasteiger partial charge >= 0.3 is 6.61 Å². The largest absolute Gasteiger partial charge is 0.433 e. The molecule has 2 aromatic carbocycles. The number of hydrogen-bond donors (Lipinski definition) is 2. The third kappa shape index (κ3) is 4.63. The number of hydrogen-bond acceptors (Lipinski definition) is 5. The van der Waals surface area contributed by atoms with Gasteiger partial charge in [0.2, 0.25) is 0 Å². The van der Waals surface area contributed by atoms with Crippen molar-refractivity contribution in [1.82, 2.24) is 0 Å². The molecule has 0 fully saturated rings. The molecule has 1 amide bonds. The maximum absolute atomic E-state index is 12.4. The number of benzene rings is 2. The normalized spacial score (nSPS) is 10.4. The molecule has 0 aromatic heterocycles. The van der Waals surface area contributed by atoms with E-state index < -0.39 is 17.4 Å². The van der Waals surface area contributed by atoms with E-state index >= 15 is 0 Å². The Morgan fingerprint density at radius 1 is 1.24 bits per heavy atom. The molecule has 0 aliphatic carbocycles. The molecule has 0 heterocycles. The van der Waals surface area contributed by atoms with E-state index in [0.29, 0.717) is 6.54 Å². The van der Waals surface area contributed by atoms with E-state index in [9.17, 15) is 23.7 Å². The molecule has 7 nitrogen and oxygen atoms in total. The molecular weight excluding hydrogens is 336 g/mol. The van der Waals surface area contributed by atoms with Crippen molar-refractivity contribution < 1.29 is 23.2 Å². The molecule has 2 rings (SSSR count). The number of anilines is 2. The fourth-order valence-electron chi connectivity index (χ4n) is 2.13. The van der Waals surface area contributed by atoms with Gasteiger partial charge in [0.15, 0.2) is 0 Å². The number of carbonyl (C=O) groups is 1. The summed E-state index contributed by atoms with van der Waals surface area (Å²) in [5, 5.41) is 16.4. The summed E-state index contributed by atoms with van der Waals surface area (Å²) in [6, 6.07) is 9.60. The number of para-hydroxylation sites is 2. The maximum Gasteiger partial charge on any atom is 0.387 e. The minimum Gasteiger partial charge on any atom is -0.433 e. The molecule has 0 aliphatic heterocycles. The lowest BCUT2D eigenvalue weighted by Crippen LogP contribution is -2.14. The molecule has 0 unspecified atom stereocenters. The summed E-state index contributed by atoms with van der Waals surface area (Å²) in [5.41, 5.74) is 0.0727. The topological polar surface area (TPSA) is 93.5 Å². The Labute approximate surface area is 141 Å². The fraction of sp³-hybridized carbons (Fsp3) is 0.188. The average Bonchev–Trinajstić information content (AvgIpc) is 2.56. The van der Waals surface area contributed by atoms with Gasteiger partial charge < -0.3 is 15.4 Å². The van der Waals surface area contributed by atoms with E-state index in [1.54, 1.807) is 6.92 Å². The van der Waals surface area contributed by atoms with Gasteiger partial charge in [0.05, 0.1) is 10.6 Å². The molecule has 0 atom stereocenters. The highest BCUT2D eigenvalue weighted by Crippen LogP contribution is 2.28.